The first-order chi connectivity index (χ1) is 23.5. The molecule has 0 fully saturated rings. The van der Waals surface area contributed by atoms with Crippen molar-refractivity contribution in [1.82, 2.24) is 19.5 Å². The maximum atomic E-state index is 9.84. The van der Waals surface area contributed by atoms with E-state index in [-0.39, 0.29) is 5.41 Å². The molecule has 6 aromatic carbocycles. The Balaban J connectivity index is 1.28. The molecule has 8 aromatic rings. The standard InChI is InChI=1S/C43H29N5/c1-43(2)36-19-10-9-18-32(36)33-24-35-34-22-27(26-44)20-21-38(34)48(39(35)25-37(33)43)31-17-11-16-30(23-31)42-46-40(28-12-5-3-6-13-28)45-41(47-42)29-14-7-4-8-15-29/h3-25H,1-2H3. The maximum absolute atomic E-state index is 9.84. The highest BCUT2D eigenvalue weighted by molar-refractivity contribution is 6.12. The Morgan fingerprint density at radius 2 is 1.12 bits per heavy atom. The Morgan fingerprint density at radius 3 is 1.81 bits per heavy atom. The number of fused-ring (bicyclic) bond motifs is 6. The first-order valence-corrected chi connectivity index (χ1v) is 16.1. The van der Waals surface area contributed by atoms with Crippen molar-refractivity contribution in [2.24, 2.45) is 0 Å². The molecule has 48 heavy (non-hydrogen) atoms. The summed E-state index contributed by atoms with van der Waals surface area (Å²) in [6.07, 6.45) is 0. The Labute approximate surface area is 278 Å². The molecule has 1 aliphatic carbocycles. The van der Waals surface area contributed by atoms with Crippen molar-refractivity contribution in [3.8, 4) is 57.0 Å². The van der Waals surface area contributed by atoms with Gasteiger partial charge in [0.2, 0.25) is 0 Å². The van der Waals surface area contributed by atoms with E-state index < -0.39 is 0 Å². The van der Waals surface area contributed by atoms with E-state index in [4.69, 9.17) is 15.0 Å². The van der Waals surface area contributed by atoms with E-state index in [0.717, 1.165) is 44.2 Å². The van der Waals surface area contributed by atoms with Crippen LogP contribution in [-0.4, -0.2) is 19.5 Å². The summed E-state index contributed by atoms with van der Waals surface area (Å²) in [5.41, 5.74) is 11.6. The molecule has 0 N–H and O–H groups in total. The fourth-order valence-corrected chi connectivity index (χ4v) is 7.28. The molecule has 0 amide bonds. The fraction of sp³-hybridized carbons (Fsp3) is 0.0698. The summed E-state index contributed by atoms with van der Waals surface area (Å²) in [7, 11) is 0. The second-order valence-corrected chi connectivity index (χ2v) is 12.9. The summed E-state index contributed by atoms with van der Waals surface area (Å²) in [4.78, 5) is 14.9. The molecule has 0 radical (unpaired) electrons. The van der Waals surface area contributed by atoms with Crippen molar-refractivity contribution in [2.45, 2.75) is 19.3 Å². The van der Waals surface area contributed by atoms with Crippen molar-refractivity contribution >= 4 is 21.8 Å². The number of rotatable bonds is 4. The normalized spacial score (nSPS) is 12.9. The van der Waals surface area contributed by atoms with Gasteiger partial charge >= 0.3 is 0 Å². The molecule has 5 nitrogen and oxygen atoms in total. The fourth-order valence-electron chi connectivity index (χ4n) is 7.28. The Morgan fingerprint density at radius 1 is 0.521 bits per heavy atom. The minimum absolute atomic E-state index is 0.145. The lowest BCUT2D eigenvalue weighted by Gasteiger charge is -2.21. The van der Waals surface area contributed by atoms with Gasteiger partial charge in [-0.1, -0.05) is 111 Å². The summed E-state index contributed by atoms with van der Waals surface area (Å²) in [5.74, 6) is 1.86. The van der Waals surface area contributed by atoms with Gasteiger partial charge in [0.25, 0.3) is 0 Å². The third kappa shape index (κ3) is 4.27. The van der Waals surface area contributed by atoms with E-state index in [0.29, 0.717) is 23.0 Å². The number of hydrogen-bond donors (Lipinski definition) is 0. The zero-order chi connectivity index (χ0) is 32.4. The van der Waals surface area contributed by atoms with E-state index in [1.54, 1.807) is 0 Å². The van der Waals surface area contributed by atoms with E-state index in [1.165, 1.54) is 22.3 Å². The average molecular weight is 616 g/mol. The topological polar surface area (TPSA) is 67.4 Å². The highest BCUT2D eigenvalue weighted by atomic mass is 15.0. The Hall–Kier alpha value is -6.38. The molecular weight excluding hydrogens is 587 g/mol. The van der Waals surface area contributed by atoms with Crippen LogP contribution in [0.5, 0.6) is 0 Å². The summed E-state index contributed by atoms with van der Waals surface area (Å²) in [6, 6.07) is 50.2. The lowest BCUT2D eigenvalue weighted by Crippen LogP contribution is -2.14. The van der Waals surface area contributed by atoms with Gasteiger partial charge in [-0.2, -0.15) is 5.26 Å². The van der Waals surface area contributed by atoms with Gasteiger partial charge in [-0.3, -0.25) is 0 Å². The van der Waals surface area contributed by atoms with Crippen molar-refractivity contribution in [1.29, 1.82) is 5.26 Å². The highest BCUT2D eigenvalue weighted by Gasteiger charge is 2.36. The van der Waals surface area contributed by atoms with Crippen molar-refractivity contribution in [3.05, 3.63) is 156 Å². The average Bonchev–Trinajstić information content (AvgIpc) is 3.58. The molecule has 0 saturated heterocycles. The molecule has 0 bridgehead atoms. The van der Waals surface area contributed by atoms with Crippen LogP contribution in [0.3, 0.4) is 0 Å². The van der Waals surface area contributed by atoms with Crippen LogP contribution in [-0.2, 0) is 5.41 Å². The van der Waals surface area contributed by atoms with E-state index in [1.807, 2.05) is 72.8 Å². The van der Waals surface area contributed by atoms with Crippen LogP contribution < -0.4 is 0 Å². The molecule has 0 unspecified atom stereocenters. The van der Waals surface area contributed by atoms with Crippen LogP contribution in [0.1, 0.15) is 30.5 Å². The van der Waals surface area contributed by atoms with Crippen LogP contribution in [0.4, 0.5) is 0 Å². The third-order valence-corrected chi connectivity index (χ3v) is 9.66. The molecule has 5 heteroatoms. The van der Waals surface area contributed by atoms with E-state index in [9.17, 15) is 5.26 Å². The molecule has 0 saturated carbocycles. The smallest absolute Gasteiger partial charge is 0.164 e. The van der Waals surface area contributed by atoms with E-state index >= 15 is 0 Å². The molecule has 226 valence electrons. The van der Waals surface area contributed by atoms with Gasteiger partial charge in [0.1, 0.15) is 0 Å². The summed E-state index contributed by atoms with van der Waals surface area (Å²) < 4.78 is 2.31. The zero-order valence-corrected chi connectivity index (χ0v) is 26.5. The number of nitrogens with zero attached hydrogens (tertiary/aromatic N) is 5. The molecule has 0 atom stereocenters. The van der Waals surface area contributed by atoms with Gasteiger partial charge in [-0.15, -0.1) is 0 Å². The largest absolute Gasteiger partial charge is 0.309 e. The molecule has 0 aliphatic heterocycles. The predicted molar refractivity (Wildman–Crippen MR) is 193 cm³/mol. The maximum Gasteiger partial charge on any atom is 0.164 e. The summed E-state index contributed by atoms with van der Waals surface area (Å²) >= 11 is 0. The second-order valence-electron chi connectivity index (χ2n) is 12.9. The van der Waals surface area contributed by atoms with Gasteiger partial charge in [0.15, 0.2) is 17.5 Å². The first-order valence-electron chi connectivity index (χ1n) is 16.1. The van der Waals surface area contributed by atoms with Crippen LogP contribution >= 0.6 is 0 Å². The second kappa shape index (κ2) is 10.6. The first kappa shape index (κ1) is 27.9. The van der Waals surface area contributed by atoms with Gasteiger partial charge in [0.05, 0.1) is 22.7 Å². The SMILES string of the molecule is CC1(C)c2ccccc2-c2cc3c4cc(C#N)ccc4n(-c4cccc(-c5nc(-c6ccccc6)nc(-c6ccccc6)n5)c4)c3cc21. The van der Waals surface area contributed by atoms with Gasteiger partial charge in [0, 0.05) is 38.6 Å². The van der Waals surface area contributed by atoms with Crippen LogP contribution in [0, 0.1) is 11.3 Å². The molecule has 1 aliphatic rings. The predicted octanol–water partition coefficient (Wildman–Crippen LogP) is 10.1. The van der Waals surface area contributed by atoms with E-state index in [2.05, 4.69) is 91.2 Å². The minimum Gasteiger partial charge on any atom is -0.309 e. The van der Waals surface area contributed by atoms with Crippen molar-refractivity contribution in [3.63, 3.8) is 0 Å². The Kier molecular flexibility index (Phi) is 6.15. The van der Waals surface area contributed by atoms with Crippen molar-refractivity contribution < 1.29 is 0 Å². The number of nitriles is 1. The quantitative estimate of drug-likeness (QED) is 0.198. The molecule has 2 heterocycles. The van der Waals surface area contributed by atoms with Crippen molar-refractivity contribution in [2.75, 3.05) is 0 Å². The number of hydrogen-bond acceptors (Lipinski definition) is 4. The van der Waals surface area contributed by atoms with Gasteiger partial charge in [-0.05, 0) is 64.7 Å². The minimum atomic E-state index is -0.145. The van der Waals surface area contributed by atoms with Crippen LogP contribution in [0.15, 0.2) is 140 Å². The van der Waals surface area contributed by atoms with Crippen LogP contribution in [0.25, 0.3) is 72.8 Å². The molecule has 9 rings (SSSR count). The molecule has 2 aromatic heterocycles. The lowest BCUT2D eigenvalue weighted by atomic mass is 9.82. The third-order valence-electron chi connectivity index (χ3n) is 9.66. The monoisotopic (exact) mass is 615 g/mol. The zero-order valence-electron chi connectivity index (χ0n) is 26.5. The summed E-state index contributed by atoms with van der Waals surface area (Å²) in [5, 5.41) is 12.0. The van der Waals surface area contributed by atoms with Gasteiger partial charge in [-0.25, -0.2) is 15.0 Å². The number of benzene rings is 6. The summed E-state index contributed by atoms with van der Waals surface area (Å²) in [6.45, 7) is 4.61. The number of aromatic nitrogens is 4. The Bertz CT molecular complexity index is 2530. The molecule has 0 spiro atoms. The molecular formula is C43H29N5. The van der Waals surface area contributed by atoms with Crippen LogP contribution in [0.2, 0.25) is 0 Å². The van der Waals surface area contributed by atoms with Gasteiger partial charge < -0.3 is 4.57 Å². The lowest BCUT2D eigenvalue weighted by molar-refractivity contribution is 0.661. The highest BCUT2D eigenvalue weighted by Crippen LogP contribution is 2.51.